The molecule has 3 heteroatoms. The van der Waals surface area contributed by atoms with Gasteiger partial charge in [0.15, 0.2) is 0 Å². The molecule has 3 nitrogen and oxygen atoms in total. The quantitative estimate of drug-likeness (QED) is 0.650. The van der Waals surface area contributed by atoms with Crippen molar-refractivity contribution in [2.45, 2.75) is 12.5 Å². The molecule has 1 rings (SSSR count). The number of hydrogen-bond donors (Lipinski definition) is 3. The molecular weight excluding hydrogens is 166 g/mol. The number of hydrogen-bond acceptors (Lipinski definition) is 3. The van der Waals surface area contributed by atoms with Crippen LogP contribution in [0.2, 0.25) is 0 Å². The maximum atomic E-state index is 9.24. The summed E-state index contributed by atoms with van der Waals surface area (Å²) in [7, 11) is 1.84. The van der Waals surface area contributed by atoms with E-state index in [1.54, 1.807) is 18.2 Å². The van der Waals surface area contributed by atoms with Crippen LogP contribution >= 0.6 is 0 Å². The number of aliphatic hydroxyl groups excluding tert-OH is 1. The Labute approximate surface area is 78.0 Å². The summed E-state index contributed by atoms with van der Waals surface area (Å²) >= 11 is 0. The Balaban J connectivity index is 2.78. The fourth-order valence-corrected chi connectivity index (χ4v) is 1.35. The summed E-state index contributed by atoms with van der Waals surface area (Å²) in [5.74, 6) is 0.260. The predicted molar refractivity (Wildman–Crippen MR) is 51.6 cm³/mol. The molecule has 13 heavy (non-hydrogen) atoms. The maximum Gasteiger partial charge on any atom is 0.115 e. The number of rotatable bonds is 4. The maximum absolute atomic E-state index is 9.24. The molecule has 0 bridgehead atoms. The lowest BCUT2D eigenvalue weighted by Crippen LogP contribution is -2.17. The van der Waals surface area contributed by atoms with Gasteiger partial charge in [-0.1, -0.05) is 12.1 Å². The van der Waals surface area contributed by atoms with Crippen molar-refractivity contribution in [1.29, 1.82) is 0 Å². The Bertz CT molecular complexity index is 263. The molecule has 0 aliphatic heterocycles. The fraction of sp³-hybridized carbons (Fsp3) is 0.400. The molecule has 0 saturated heterocycles. The zero-order valence-electron chi connectivity index (χ0n) is 7.70. The molecule has 3 N–H and O–H groups in total. The Hall–Kier alpha value is -1.06. The van der Waals surface area contributed by atoms with Crippen LogP contribution in [0.25, 0.3) is 0 Å². The highest BCUT2D eigenvalue weighted by Gasteiger charge is 2.07. The number of nitrogens with one attached hydrogen (secondary N) is 1. The first-order chi connectivity index (χ1) is 6.27. The predicted octanol–water partition coefficient (Wildman–Crippen LogP) is 1.04. The number of phenolic OH excluding ortho intramolecular Hbond substituents is 1. The average Bonchev–Trinajstić information content (AvgIpc) is 2.14. The molecule has 0 aromatic heterocycles. The molecule has 0 aliphatic carbocycles. The molecule has 0 aliphatic rings. The Morgan fingerprint density at radius 1 is 1.46 bits per heavy atom. The van der Waals surface area contributed by atoms with Crippen molar-refractivity contribution in [3.63, 3.8) is 0 Å². The summed E-state index contributed by atoms with van der Waals surface area (Å²) in [5, 5.41) is 21.1. The van der Waals surface area contributed by atoms with E-state index in [1.807, 2.05) is 13.1 Å². The standard InChI is InChI=1S/C10H15NO2/c1-11-10(5-6-12)8-3-2-4-9(13)7-8/h2-4,7,10-13H,5-6H2,1H3. The normalized spacial score (nSPS) is 12.8. The van der Waals surface area contributed by atoms with Crippen LogP contribution < -0.4 is 5.32 Å². The first-order valence-electron chi connectivity index (χ1n) is 4.35. The van der Waals surface area contributed by atoms with Crippen molar-refractivity contribution in [3.05, 3.63) is 29.8 Å². The SMILES string of the molecule is CNC(CCO)c1cccc(O)c1. The van der Waals surface area contributed by atoms with Gasteiger partial charge in [0.2, 0.25) is 0 Å². The van der Waals surface area contributed by atoms with Crippen molar-refractivity contribution in [1.82, 2.24) is 5.32 Å². The second-order valence-corrected chi connectivity index (χ2v) is 2.95. The molecule has 0 amide bonds. The second kappa shape index (κ2) is 4.84. The van der Waals surface area contributed by atoms with E-state index in [2.05, 4.69) is 5.32 Å². The van der Waals surface area contributed by atoms with Crippen molar-refractivity contribution >= 4 is 0 Å². The summed E-state index contributed by atoms with van der Waals surface area (Å²) in [6.07, 6.45) is 0.653. The molecule has 1 unspecified atom stereocenters. The van der Waals surface area contributed by atoms with Gasteiger partial charge in [0.05, 0.1) is 0 Å². The monoisotopic (exact) mass is 181 g/mol. The van der Waals surface area contributed by atoms with Crippen LogP contribution in [-0.4, -0.2) is 23.9 Å². The van der Waals surface area contributed by atoms with Crippen molar-refractivity contribution in [2.75, 3.05) is 13.7 Å². The van der Waals surface area contributed by atoms with Gasteiger partial charge in [-0.25, -0.2) is 0 Å². The van der Waals surface area contributed by atoms with Crippen LogP contribution in [0.5, 0.6) is 5.75 Å². The lowest BCUT2D eigenvalue weighted by atomic mass is 10.0. The third-order valence-corrected chi connectivity index (χ3v) is 2.04. The van der Waals surface area contributed by atoms with Gasteiger partial charge in [-0.15, -0.1) is 0 Å². The van der Waals surface area contributed by atoms with E-state index in [9.17, 15) is 5.11 Å². The number of phenols is 1. The molecule has 1 aromatic rings. The lowest BCUT2D eigenvalue weighted by molar-refractivity contribution is 0.268. The van der Waals surface area contributed by atoms with E-state index in [1.165, 1.54) is 0 Å². The summed E-state index contributed by atoms with van der Waals surface area (Å²) in [4.78, 5) is 0. The van der Waals surface area contributed by atoms with E-state index in [0.29, 0.717) is 6.42 Å². The van der Waals surface area contributed by atoms with Gasteiger partial charge in [0.25, 0.3) is 0 Å². The van der Waals surface area contributed by atoms with Crippen LogP contribution in [0.1, 0.15) is 18.0 Å². The topological polar surface area (TPSA) is 52.5 Å². The van der Waals surface area contributed by atoms with Crippen LogP contribution in [0.3, 0.4) is 0 Å². The highest BCUT2D eigenvalue weighted by atomic mass is 16.3. The van der Waals surface area contributed by atoms with Gasteiger partial charge in [0, 0.05) is 12.6 Å². The molecule has 0 heterocycles. The molecule has 72 valence electrons. The van der Waals surface area contributed by atoms with Crippen molar-refractivity contribution < 1.29 is 10.2 Å². The molecule has 0 fully saturated rings. The van der Waals surface area contributed by atoms with Gasteiger partial charge in [-0.2, -0.15) is 0 Å². The molecule has 0 radical (unpaired) electrons. The van der Waals surface area contributed by atoms with E-state index >= 15 is 0 Å². The molecule has 0 spiro atoms. The minimum absolute atomic E-state index is 0.108. The number of benzene rings is 1. The van der Waals surface area contributed by atoms with Crippen molar-refractivity contribution in [3.8, 4) is 5.75 Å². The second-order valence-electron chi connectivity index (χ2n) is 2.95. The average molecular weight is 181 g/mol. The minimum Gasteiger partial charge on any atom is -0.508 e. The third kappa shape index (κ3) is 2.72. The first-order valence-corrected chi connectivity index (χ1v) is 4.35. The summed E-state index contributed by atoms with van der Waals surface area (Å²) < 4.78 is 0. The zero-order valence-corrected chi connectivity index (χ0v) is 7.70. The highest BCUT2D eigenvalue weighted by Crippen LogP contribution is 2.19. The Morgan fingerprint density at radius 3 is 2.77 bits per heavy atom. The van der Waals surface area contributed by atoms with E-state index in [-0.39, 0.29) is 18.4 Å². The molecule has 1 aromatic carbocycles. The summed E-state index contributed by atoms with van der Waals surface area (Å²) in [5.41, 5.74) is 0.997. The Kier molecular flexibility index (Phi) is 3.73. The highest BCUT2D eigenvalue weighted by molar-refractivity contribution is 5.29. The zero-order chi connectivity index (χ0) is 9.68. The number of aromatic hydroxyl groups is 1. The largest absolute Gasteiger partial charge is 0.508 e. The Morgan fingerprint density at radius 2 is 2.23 bits per heavy atom. The molecule has 0 saturated carbocycles. The van der Waals surface area contributed by atoms with E-state index in [0.717, 1.165) is 5.56 Å². The van der Waals surface area contributed by atoms with E-state index in [4.69, 9.17) is 5.11 Å². The van der Waals surface area contributed by atoms with Gasteiger partial charge < -0.3 is 15.5 Å². The first kappa shape index (κ1) is 10.0. The minimum atomic E-state index is 0.108. The summed E-state index contributed by atoms with van der Waals surface area (Å²) in [6.45, 7) is 0.140. The van der Waals surface area contributed by atoms with Crippen LogP contribution in [-0.2, 0) is 0 Å². The van der Waals surface area contributed by atoms with Crippen LogP contribution in [0.15, 0.2) is 24.3 Å². The van der Waals surface area contributed by atoms with Crippen molar-refractivity contribution in [2.24, 2.45) is 0 Å². The third-order valence-electron chi connectivity index (χ3n) is 2.04. The van der Waals surface area contributed by atoms with Gasteiger partial charge in [0.1, 0.15) is 5.75 Å². The van der Waals surface area contributed by atoms with Gasteiger partial charge in [-0.3, -0.25) is 0 Å². The van der Waals surface area contributed by atoms with Gasteiger partial charge in [-0.05, 0) is 31.2 Å². The lowest BCUT2D eigenvalue weighted by Gasteiger charge is -2.15. The summed E-state index contributed by atoms with van der Waals surface area (Å²) in [6, 6.07) is 7.17. The van der Waals surface area contributed by atoms with Crippen LogP contribution in [0, 0.1) is 0 Å². The van der Waals surface area contributed by atoms with Gasteiger partial charge >= 0.3 is 0 Å². The number of aliphatic hydroxyl groups is 1. The molecule has 1 atom stereocenters. The fourth-order valence-electron chi connectivity index (χ4n) is 1.35. The molecular formula is C10H15NO2. The van der Waals surface area contributed by atoms with Crippen LogP contribution in [0.4, 0.5) is 0 Å². The smallest absolute Gasteiger partial charge is 0.115 e. The van der Waals surface area contributed by atoms with E-state index < -0.39 is 0 Å².